The molecule has 0 radical (unpaired) electrons. The molecule has 0 bridgehead atoms. The highest BCUT2D eigenvalue weighted by Gasteiger charge is 2.15. The fourth-order valence-electron chi connectivity index (χ4n) is 4.03. The third kappa shape index (κ3) is 5.92. The number of sulfonamides is 1. The standard InChI is InChI=1S/C27H30N4O4S/c1-17(29-27-23-14-25(34-3)26(35-4)15-24(23)30-18(2)31-27)20-9-7-11-22(13-20)21-10-6-8-19(12-21)16-28-36(5,32)33/h6-15,17,28H,16H2,1-5H3,(H,29,30,31)/t17-/m1/s1. The van der Waals surface area contributed by atoms with Crippen LogP contribution in [0.2, 0.25) is 0 Å². The molecule has 3 aromatic carbocycles. The average Bonchev–Trinajstić information content (AvgIpc) is 2.86. The molecule has 4 rings (SSSR count). The molecule has 1 aromatic heterocycles. The van der Waals surface area contributed by atoms with Crippen LogP contribution in [0.3, 0.4) is 0 Å². The molecule has 0 spiro atoms. The van der Waals surface area contributed by atoms with Crippen molar-refractivity contribution in [3.05, 3.63) is 77.6 Å². The zero-order valence-electron chi connectivity index (χ0n) is 21.0. The Morgan fingerprint density at radius 3 is 2.28 bits per heavy atom. The van der Waals surface area contributed by atoms with Gasteiger partial charge in [-0.05, 0) is 54.3 Å². The lowest BCUT2D eigenvalue weighted by Gasteiger charge is -2.18. The molecular weight excluding hydrogens is 476 g/mol. The molecule has 4 aromatic rings. The third-order valence-corrected chi connectivity index (χ3v) is 6.52. The Labute approximate surface area is 211 Å². The van der Waals surface area contributed by atoms with Crippen LogP contribution in [0.25, 0.3) is 22.0 Å². The average molecular weight is 507 g/mol. The number of hydrogen-bond acceptors (Lipinski definition) is 7. The molecule has 0 amide bonds. The van der Waals surface area contributed by atoms with Crippen LogP contribution in [-0.2, 0) is 16.6 Å². The van der Waals surface area contributed by atoms with Gasteiger partial charge in [-0.3, -0.25) is 0 Å². The molecule has 0 saturated heterocycles. The van der Waals surface area contributed by atoms with E-state index in [0.29, 0.717) is 23.1 Å². The smallest absolute Gasteiger partial charge is 0.209 e. The van der Waals surface area contributed by atoms with E-state index in [1.54, 1.807) is 14.2 Å². The van der Waals surface area contributed by atoms with Crippen LogP contribution in [0.15, 0.2) is 60.7 Å². The summed E-state index contributed by atoms with van der Waals surface area (Å²) in [6.45, 7) is 4.19. The first-order valence-electron chi connectivity index (χ1n) is 11.5. The van der Waals surface area contributed by atoms with Crippen LogP contribution < -0.4 is 19.5 Å². The Morgan fingerprint density at radius 2 is 1.58 bits per heavy atom. The first-order valence-corrected chi connectivity index (χ1v) is 13.4. The number of rotatable bonds is 9. The highest BCUT2D eigenvalue weighted by atomic mass is 32.2. The maximum atomic E-state index is 11.5. The number of methoxy groups -OCH3 is 2. The largest absolute Gasteiger partial charge is 0.493 e. The lowest BCUT2D eigenvalue weighted by atomic mass is 9.98. The van der Waals surface area contributed by atoms with Crippen molar-refractivity contribution in [2.24, 2.45) is 0 Å². The molecule has 1 atom stereocenters. The molecule has 2 N–H and O–H groups in total. The van der Waals surface area contributed by atoms with Crippen molar-refractivity contribution in [1.82, 2.24) is 14.7 Å². The molecule has 0 aliphatic rings. The summed E-state index contributed by atoms with van der Waals surface area (Å²) in [5, 5.41) is 4.37. The summed E-state index contributed by atoms with van der Waals surface area (Å²) in [7, 11) is -0.0539. The maximum absolute atomic E-state index is 11.5. The van der Waals surface area contributed by atoms with Crippen LogP contribution in [0.4, 0.5) is 5.82 Å². The van der Waals surface area contributed by atoms with Gasteiger partial charge in [-0.15, -0.1) is 0 Å². The Bertz CT molecular complexity index is 1510. The number of anilines is 1. The molecule has 9 heteroatoms. The van der Waals surface area contributed by atoms with Gasteiger partial charge in [0.1, 0.15) is 11.6 Å². The molecule has 1 heterocycles. The van der Waals surface area contributed by atoms with Gasteiger partial charge >= 0.3 is 0 Å². The Balaban J connectivity index is 1.62. The number of hydrogen-bond donors (Lipinski definition) is 2. The molecule has 0 aliphatic carbocycles. The third-order valence-electron chi connectivity index (χ3n) is 5.85. The van der Waals surface area contributed by atoms with Gasteiger partial charge in [-0.25, -0.2) is 23.1 Å². The van der Waals surface area contributed by atoms with Crippen LogP contribution in [0.1, 0.15) is 29.9 Å². The van der Waals surface area contributed by atoms with Gasteiger partial charge in [-0.2, -0.15) is 0 Å². The SMILES string of the molecule is COc1cc2nc(C)nc(N[C@H](C)c3cccc(-c4cccc(CNS(C)(=O)=O)c4)c3)c2cc1OC. The van der Waals surface area contributed by atoms with Crippen molar-refractivity contribution < 1.29 is 17.9 Å². The number of nitrogens with one attached hydrogen (secondary N) is 2. The topological polar surface area (TPSA) is 102 Å². The maximum Gasteiger partial charge on any atom is 0.209 e. The van der Waals surface area contributed by atoms with Gasteiger partial charge in [0.2, 0.25) is 10.0 Å². The van der Waals surface area contributed by atoms with Crippen molar-refractivity contribution in [1.29, 1.82) is 0 Å². The first-order chi connectivity index (χ1) is 17.2. The van der Waals surface area contributed by atoms with E-state index in [4.69, 9.17) is 9.47 Å². The minimum absolute atomic E-state index is 0.0503. The monoisotopic (exact) mass is 506 g/mol. The van der Waals surface area contributed by atoms with E-state index in [1.165, 1.54) is 0 Å². The van der Waals surface area contributed by atoms with Crippen LogP contribution >= 0.6 is 0 Å². The lowest BCUT2D eigenvalue weighted by molar-refractivity contribution is 0.356. The van der Waals surface area contributed by atoms with Gasteiger partial charge in [0, 0.05) is 24.0 Å². The summed E-state index contributed by atoms with van der Waals surface area (Å²) in [4.78, 5) is 9.22. The summed E-state index contributed by atoms with van der Waals surface area (Å²) in [5.41, 5.74) is 4.79. The van der Waals surface area contributed by atoms with E-state index in [0.717, 1.165) is 39.4 Å². The van der Waals surface area contributed by atoms with Crippen molar-refractivity contribution in [2.45, 2.75) is 26.4 Å². The molecule has 0 unspecified atom stereocenters. The van der Waals surface area contributed by atoms with Crippen molar-refractivity contribution in [2.75, 3.05) is 25.8 Å². The number of nitrogens with zero attached hydrogens (tertiary/aromatic N) is 2. The Morgan fingerprint density at radius 1 is 0.917 bits per heavy atom. The van der Waals surface area contributed by atoms with Crippen molar-refractivity contribution in [3.63, 3.8) is 0 Å². The molecule has 0 saturated carbocycles. The number of fused-ring (bicyclic) bond motifs is 1. The second-order valence-corrected chi connectivity index (χ2v) is 10.5. The number of ether oxygens (including phenoxy) is 2. The summed E-state index contributed by atoms with van der Waals surface area (Å²) in [6, 6.07) is 19.8. The second kappa shape index (κ2) is 10.5. The van der Waals surface area contributed by atoms with Crippen LogP contribution in [0.5, 0.6) is 11.5 Å². The molecule has 36 heavy (non-hydrogen) atoms. The van der Waals surface area contributed by atoms with Crippen LogP contribution in [0, 0.1) is 6.92 Å². The van der Waals surface area contributed by atoms with E-state index in [9.17, 15) is 8.42 Å². The fraction of sp³-hybridized carbons (Fsp3) is 0.259. The summed E-state index contributed by atoms with van der Waals surface area (Å²) in [6.07, 6.45) is 1.16. The number of aromatic nitrogens is 2. The van der Waals surface area contributed by atoms with Crippen molar-refractivity contribution >= 4 is 26.7 Å². The second-order valence-electron chi connectivity index (χ2n) is 8.63. The summed E-state index contributed by atoms with van der Waals surface area (Å²) >= 11 is 0. The minimum atomic E-state index is -3.26. The molecular formula is C27H30N4O4S. The zero-order chi connectivity index (χ0) is 25.9. The molecule has 0 fully saturated rings. The number of benzene rings is 3. The molecule has 0 aliphatic heterocycles. The summed E-state index contributed by atoms with van der Waals surface area (Å²) < 4.78 is 36.4. The van der Waals surface area contributed by atoms with Gasteiger partial charge < -0.3 is 14.8 Å². The fourth-order valence-corrected chi connectivity index (χ4v) is 4.46. The van der Waals surface area contributed by atoms with Crippen molar-refractivity contribution in [3.8, 4) is 22.6 Å². The quantitative estimate of drug-likeness (QED) is 0.335. The van der Waals surface area contributed by atoms with Crippen LogP contribution in [-0.4, -0.2) is 38.9 Å². The highest BCUT2D eigenvalue weighted by Crippen LogP contribution is 2.35. The Hall–Kier alpha value is -3.69. The van der Waals surface area contributed by atoms with Gasteiger partial charge in [0.25, 0.3) is 0 Å². The van der Waals surface area contributed by atoms with Gasteiger partial charge in [-0.1, -0.05) is 36.4 Å². The minimum Gasteiger partial charge on any atom is -0.493 e. The van der Waals surface area contributed by atoms with E-state index >= 15 is 0 Å². The highest BCUT2D eigenvalue weighted by molar-refractivity contribution is 7.88. The predicted molar refractivity (Wildman–Crippen MR) is 143 cm³/mol. The summed E-state index contributed by atoms with van der Waals surface area (Å²) in [5.74, 6) is 2.59. The molecule has 188 valence electrons. The Kier molecular flexibility index (Phi) is 7.42. The predicted octanol–water partition coefficient (Wildman–Crippen LogP) is 4.84. The molecule has 8 nitrogen and oxygen atoms in total. The van der Waals surface area contributed by atoms with E-state index in [-0.39, 0.29) is 12.6 Å². The first kappa shape index (κ1) is 25.4. The van der Waals surface area contributed by atoms with E-state index < -0.39 is 10.0 Å². The van der Waals surface area contributed by atoms with E-state index in [1.807, 2.05) is 55.5 Å². The zero-order valence-corrected chi connectivity index (χ0v) is 21.8. The van der Waals surface area contributed by atoms with Gasteiger partial charge in [0.15, 0.2) is 11.5 Å². The van der Waals surface area contributed by atoms with E-state index in [2.05, 4.69) is 39.1 Å². The normalized spacial score (nSPS) is 12.4. The lowest BCUT2D eigenvalue weighted by Crippen LogP contribution is -2.21. The van der Waals surface area contributed by atoms with Gasteiger partial charge in [0.05, 0.1) is 26.0 Å². The number of aryl methyl sites for hydroxylation is 1.